The third-order valence-corrected chi connectivity index (χ3v) is 1.78. The van der Waals surface area contributed by atoms with Gasteiger partial charge in [0.05, 0.1) is 11.4 Å². The topological polar surface area (TPSA) is 69.6 Å². The van der Waals surface area contributed by atoms with Gasteiger partial charge in [0, 0.05) is 0 Å². The number of tetrazole rings is 1. The Bertz CT molecular complexity index is 412. The lowest BCUT2D eigenvalue weighted by Crippen LogP contribution is -2.00. The molecule has 0 aliphatic rings. The van der Waals surface area contributed by atoms with E-state index in [2.05, 4.69) is 15.5 Å². The zero-order valence-electron chi connectivity index (χ0n) is 7.58. The number of aryl methyl sites for hydroxylation is 1. The Labute approximate surface area is 87.3 Å². The maximum absolute atomic E-state index is 5.80. The quantitative estimate of drug-likeness (QED) is 0.714. The standard InChI is InChI=1S/C8H9N5.ClH/c1-6-2-3-8(7(9)4-6)13-5-10-11-12-13;/h2-5H,9H2,1H3;1H. The van der Waals surface area contributed by atoms with E-state index in [1.54, 1.807) is 0 Å². The number of hydrogen-bond donors (Lipinski definition) is 1. The molecule has 14 heavy (non-hydrogen) atoms. The number of anilines is 1. The van der Waals surface area contributed by atoms with E-state index in [4.69, 9.17) is 5.73 Å². The highest BCUT2D eigenvalue weighted by molar-refractivity contribution is 5.85. The van der Waals surface area contributed by atoms with Crippen LogP contribution in [0.4, 0.5) is 5.69 Å². The van der Waals surface area contributed by atoms with Crippen LogP contribution < -0.4 is 5.73 Å². The van der Waals surface area contributed by atoms with Crippen molar-refractivity contribution < 1.29 is 0 Å². The molecule has 0 saturated heterocycles. The summed E-state index contributed by atoms with van der Waals surface area (Å²) in [4.78, 5) is 0. The summed E-state index contributed by atoms with van der Waals surface area (Å²) in [6.07, 6.45) is 1.51. The SMILES string of the molecule is Cc1ccc(-n2cnnn2)c(N)c1.Cl. The molecule has 1 aromatic heterocycles. The van der Waals surface area contributed by atoms with Crippen LogP contribution in [0, 0.1) is 6.92 Å². The van der Waals surface area contributed by atoms with Crippen molar-refractivity contribution in [1.82, 2.24) is 20.2 Å². The van der Waals surface area contributed by atoms with Crippen molar-refractivity contribution in [3.05, 3.63) is 30.1 Å². The monoisotopic (exact) mass is 211 g/mol. The van der Waals surface area contributed by atoms with Crippen LogP contribution in [0.15, 0.2) is 24.5 Å². The van der Waals surface area contributed by atoms with Gasteiger partial charge in [-0.1, -0.05) is 6.07 Å². The first-order valence-electron chi connectivity index (χ1n) is 3.87. The Morgan fingerprint density at radius 2 is 2.14 bits per heavy atom. The van der Waals surface area contributed by atoms with E-state index >= 15 is 0 Å². The van der Waals surface area contributed by atoms with Gasteiger partial charge >= 0.3 is 0 Å². The third-order valence-electron chi connectivity index (χ3n) is 1.78. The molecule has 0 spiro atoms. The van der Waals surface area contributed by atoms with Gasteiger partial charge in [0.1, 0.15) is 6.33 Å². The van der Waals surface area contributed by atoms with Crippen molar-refractivity contribution >= 4 is 18.1 Å². The first-order valence-corrected chi connectivity index (χ1v) is 3.87. The van der Waals surface area contributed by atoms with Gasteiger partial charge in [-0.2, -0.15) is 4.68 Å². The summed E-state index contributed by atoms with van der Waals surface area (Å²) in [5.41, 5.74) is 8.39. The maximum atomic E-state index is 5.80. The molecule has 0 atom stereocenters. The van der Waals surface area contributed by atoms with Crippen LogP contribution in [0.3, 0.4) is 0 Å². The van der Waals surface area contributed by atoms with E-state index in [-0.39, 0.29) is 12.4 Å². The number of rotatable bonds is 1. The molecule has 2 rings (SSSR count). The minimum absolute atomic E-state index is 0. The van der Waals surface area contributed by atoms with Crippen LogP contribution in [-0.2, 0) is 0 Å². The molecule has 0 unspecified atom stereocenters. The fourth-order valence-corrected chi connectivity index (χ4v) is 1.15. The normalized spacial score (nSPS) is 9.50. The molecule has 6 heteroatoms. The van der Waals surface area contributed by atoms with E-state index in [0.29, 0.717) is 5.69 Å². The van der Waals surface area contributed by atoms with Crippen LogP contribution >= 0.6 is 12.4 Å². The molecule has 74 valence electrons. The lowest BCUT2D eigenvalue weighted by Gasteiger charge is -2.03. The van der Waals surface area contributed by atoms with Gasteiger partial charge in [0.25, 0.3) is 0 Å². The largest absolute Gasteiger partial charge is 0.397 e. The number of aromatic nitrogens is 4. The number of nitrogens with two attached hydrogens (primary N) is 1. The second-order valence-corrected chi connectivity index (χ2v) is 2.82. The van der Waals surface area contributed by atoms with Crippen molar-refractivity contribution in [2.75, 3.05) is 5.73 Å². The predicted octanol–water partition coefficient (Wildman–Crippen LogP) is 0.975. The molecule has 0 saturated carbocycles. The minimum atomic E-state index is 0. The second kappa shape index (κ2) is 4.06. The van der Waals surface area contributed by atoms with Crippen molar-refractivity contribution in [2.24, 2.45) is 0 Å². The summed E-state index contributed by atoms with van der Waals surface area (Å²) in [5.74, 6) is 0. The number of hydrogen-bond acceptors (Lipinski definition) is 4. The first-order chi connectivity index (χ1) is 6.27. The summed E-state index contributed by atoms with van der Waals surface area (Å²) in [6, 6.07) is 5.74. The average Bonchev–Trinajstić information content (AvgIpc) is 2.56. The van der Waals surface area contributed by atoms with Crippen LogP contribution in [0.5, 0.6) is 0 Å². The summed E-state index contributed by atoms with van der Waals surface area (Å²) < 4.78 is 1.54. The van der Waals surface area contributed by atoms with Crippen molar-refractivity contribution in [1.29, 1.82) is 0 Å². The van der Waals surface area contributed by atoms with Gasteiger partial charge in [-0.25, -0.2) is 0 Å². The Morgan fingerprint density at radius 3 is 2.71 bits per heavy atom. The predicted molar refractivity (Wildman–Crippen MR) is 55.6 cm³/mol. The van der Waals surface area contributed by atoms with Crippen LogP contribution in [0.1, 0.15) is 5.56 Å². The number of nitrogens with zero attached hydrogens (tertiary/aromatic N) is 4. The highest BCUT2D eigenvalue weighted by Gasteiger charge is 2.01. The summed E-state index contributed by atoms with van der Waals surface area (Å²) >= 11 is 0. The first kappa shape index (κ1) is 10.5. The molecular formula is C8H10ClN5. The Hall–Kier alpha value is -1.62. The van der Waals surface area contributed by atoms with Crippen molar-refractivity contribution in [3.8, 4) is 5.69 Å². The molecule has 1 heterocycles. The lowest BCUT2D eigenvalue weighted by molar-refractivity contribution is 0.790. The zero-order valence-corrected chi connectivity index (χ0v) is 8.40. The third kappa shape index (κ3) is 1.82. The van der Waals surface area contributed by atoms with E-state index in [9.17, 15) is 0 Å². The Balaban J connectivity index is 0.000000980. The smallest absolute Gasteiger partial charge is 0.143 e. The van der Waals surface area contributed by atoms with E-state index in [1.807, 2.05) is 25.1 Å². The molecule has 0 radical (unpaired) electrons. The summed E-state index contributed by atoms with van der Waals surface area (Å²) in [5, 5.41) is 10.8. The maximum Gasteiger partial charge on any atom is 0.143 e. The fourth-order valence-electron chi connectivity index (χ4n) is 1.15. The van der Waals surface area contributed by atoms with Gasteiger partial charge in [-0.15, -0.1) is 17.5 Å². The van der Waals surface area contributed by atoms with Crippen LogP contribution in [0.25, 0.3) is 5.69 Å². The summed E-state index contributed by atoms with van der Waals surface area (Å²) in [7, 11) is 0. The number of nitrogen functional groups attached to an aromatic ring is 1. The molecule has 0 aliphatic carbocycles. The number of halogens is 1. The van der Waals surface area contributed by atoms with Crippen molar-refractivity contribution in [2.45, 2.75) is 6.92 Å². The Kier molecular flexibility index (Phi) is 3.03. The summed E-state index contributed by atoms with van der Waals surface area (Å²) in [6.45, 7) is 1.99. The van der Waals surface area contributed by atoms with E-state index in [1.165, 1.54) is 11.0 Å². The van der Waals surface area contributed by atoms with Gasteiger partial charge in [-0.3, -0.25) is 0 Å². The molecule has 1 aromatic carbocycles. The molecule has 2 N–H and O–H groups in total. The van der Waals surface area contributed by atoms with Gasteiger partial charge in [0.15, 0.2) is 0 Å². The lowest BCUT2D eigenvalue weighted by atomic mass is 10.2. The minimum Gasteiger partial charge on any atom is -0.397 e. The highest BCUT2D eigenvalue weighted by atomic mass is 35.5. The second-order valence-electron chi connectivity index (χ2n) is 2.82. The number of benzene rings is 1. The van der Waals surface area contributed by atoms with Crippen molar-refractivity contribution in [3.63, 3.8) is 0 Å². The zero-order chi connectivity index (χ0) is 9.26. The molecule has 0 amide bonds. The molecule has 2 aromatic rings. The van der Waals surface area contributed by atoms with Crippen LogP contribution in [0.2, 0.25) is 0 Å². The molecule has 5 nitrogen and oxygen atoms in total. The molecule has 0 fully saturated rings. The average molecular weight is 212 g/mol. The molecule has 0 aliphatic heterocycles. The van der Waals surface area contributed by atoms with Gasteiger partial charge < -0.3 is 5.73 Å². The van der Waals surface area contributed by atoms with E-state index in [0.717, 1.165) is 11.3 Å². The molecule has 0 bridgehead atoms. The Morgan fingerprint density at radius 1 is 1.36 bits per heavy atom. The van der Waals surface area contributed by atoms with Crippen LogP contribution in [-0.4, -0.2) is 20.2 Å². The molecular weight excluding hydrogens is 202 g/mol. The fraction of sp³-hybridized carbons (Fsp3) is 0.125. The van der Waals surface area contributed by atoms with Gasteiger partial charge in [0.2, 0.25) is 0 Å². The van der Waals surface area contributed by atoms with E-state index < -0.39 is 0 Å². The van der Waals surface area contributed by atoms with Gasteiger partial charge in [-0.05, 0) is 35.0 Å². The highest BCUT2D eigenvalue weighted by Crippen LogP contribution is 2.16.